The largest absolute Gasteiger partial charge is 0.451 e. The van der Waals surface area contributed by atoms with Crippen molar-refractivity contribution in [3.63, 3.8) is 0 Å². The number of carbonyl (C=O) groups excluding carboxylic acids is 2. The third-order valence-corrected chi connectivity index (χ3v) is 5.69. The second kappa shape index (κ2) is 8.84. The lowest BCUT2D eigenvalue weighted by Gasteiger charge is -2.21. The standard InChI is InChI=1S/C19H28N2O5S/c1-12(2)11-17(19(23)26-14(4)18(22)20-15-7-8-15)21-27(24,25)16-9-5-13(3)6-10-16/h5-6,9-10,12,14-15,17,21H,7-8,11H2,1-4H3,(H,20,22)/t14-,17+/m1/s1. The summed E-state index contributed by atoms with van der Waals surface area (Å²) in [7, 11) is -3.88. The number of nitrogens with one attached hydrogen (secondary N) is 2. The van der Waals surface area contributed by atoms with E-state index >= 15 is 0 Å². The van der Waals surface area contributed by atoms with Crippen LogP contribution < -0.4 is 10.0 Å². The van der Waals surface area contributed by atoms with Crippen molar-refractivity contribution < 1.29 is 22.7 Å². The zero-order valence-electron chi connectivity index (χ0n) is 16.2. The van der Waals surface area contributed by atoms with Gasteiger partial charge in [0.25, 0.3) is 5.91 Å². The smallest absolute Gasteiger partial charge is 0.324 e. The summed E-state index contributed by atoms with van der Waals surface area (Å²) >= 11 is 0. The minimum atomic E-state index is -3.88. The monoisotopic (exact) mass is 396 g/mol. The van der Waals surface area contributed by atoms with Gasteiger partial charge in [0.2, 0.25) is 10.0 Å². The van der Waals surface area contributed by atoms with Crippen LogP contribution in [0.1, 0.15) is 45.6 Å². The zero-order valence-corrected chi connectivity index (χ0v) is 17.0. The van der Waals surface area contributed by atoms with E-state index in [1.54, 1.807) is 12.1 Å². The van der Waals surface area contributed by atoms with Gasteiger partial charge in [0.15, 0.2) is 6.10 Å². The number of rotatable bonds is 9. The van der Waals surface area contributed by atoms with E-state index in [9.17, 15) is 18.0 Å². The van der Waals surface area contributed by atoms with Crippen molar-refractivity contribution >= 4 is 21.9 Å². The lowest BCUT2D eigenvalue weighted by Crippen LogP contribution is -2.45. The maximum atomic E-state index is 12.6. The number of amides is 1. The fourth-order valence-electron chi connectivity index (χ4n) is 2.49. The molecule has 0 bridgehead atoms. The summed E-state index contributed by atoms with van der Waals surface area (Å²) in [6.07, 6.45) is 1.15. The number of sulfonamides is 1. The highest BCUT2D eigenvalue weighted by molar-refractivity contribution is 7.89. The third-order valence-electron chi connectivity index (χ3n) is 4.21. The molecule has 2 atom stereocenters. The number of esters is 1. The summed E-state index contributed by atoms with van der Waals surface area (Å²) in [6, 6.07) is 5.45. The molecular formula is C19H28N2O5S. The Bertz CT molecular complexity index is 770. The number of benzene rings is 1. The summed E-state index contributed by atoms with van der Waals surface area (Å²) in [5.74, 6) is -1.06. The van der Waals surface area contributed by atoms with Gasteiger partial charge in [0.1, 0.15) is 6.04 Å². The van der Waals surface area contributed by atoms with Gasteiger partial charge < -0.3 is 10.1 Å². The molecule has 1 aromatic rings. The average Bonchev–Trinajstić information content (AvgIpc) is 3.37. The lowest BCUT2D eigenvalue weighted by atomic mass is 10.0. The van der Waals surface area contributed by atoms with Gasteiger partial charge >= 0.3 is 5.97 Å². The summed E-state index contributed by atoms with van der Waals surface area (Å²) in [5.41, 5.74) is 0.933. The maximum Gasteiger partial charge on any atom is 0.324 e. The van der Waals surface area contributed by atoms with E-state index in [1.165, 1.54) is 19.1 Å². The maximum absolute atomic E-state index is 12.6. The van der Waals surface area contributed by atoms with Crippen LogP contribution >= 0.6 is 0 Å². The average molecular weight is 397 g/mol. The minimum absolute atomic E-state index is 0.0545. The highest BCUT2D eigenvalue weighted by atomic mass is 32.2. The van der Waals surface area contributed by atoms with Crippen LogP contribution in [0.25, 0.3) is 0 Å². The molecule has 1 aliphatic rings. The minimum Gasteiger partial charge on any atom is -0.451 e. The van der Waals surface area contributed by atoms with Crippen LogP contribution in [0.5, 0.6) is 0 Å². The van der Waals surface area contributed by atoms with Crippen molar-refractivity contribution in [1.82, 2.24) is 10.0 Å². The van der Waals surface area contributed by atoms with E-state index < -0.39 is 28.1 Å². The molecule has 27 heavy (non-hydrogen) atoms. The van der Waals surface area contributed by atoms with Crippen LogP contribution in [-0.4, -0.2) is 38.5 Å². The van der Waals surface area contributed by atoms with Crippen LogP contribution in [0.4, 0.5) is 0 Å². The summed E-state index contributed by atoms with van der Waals surface area (Å²) in [6.45, 7) is 7.10. The van der Waals surface area contributed by atoms with E-state index in [0.29, 0.717) is 0 Å². The molecule has 2 rings (SSSR count). The number of aryl methyl sites for hydroxylation is 1. The Hall–Kier alpha value is -1.93. The van der Waals surface area contributed by atoms with E-state index in [-0.39, 0.29) is 29.2 Å². The van der Waals surface area contributed by atoms with E-state index in [2.05, 4.69) is 10.0 Å². The molecule has 1 amide bonds. The number of hydrogen-bond acceptors (Lipinski definition) is 5. The van der Waals surface area contributed by atoms with Gasteiger partial charge in [0.05, 0.1) is 4.90 Å². The molecule has 8 heteroatoms. The van der Waals surface area contributed by atoms with Gasteiger partial charge in [-0.15, -0.1) is 0 Å². The number of hydrogen-bond donors (Lipinski definition) is 2. The van der Waals surface area contributed by atoms with Crippen molar-refractivity contribution in [3.8, 4) is 0 Å². The van der Waals surface area contributed by atoms with Crippen molar-refractivity contribution in [2.24, 2.45) is 5.92 Å². The molecule has 150 valence electrons. The molecule has 0 saturated heterocycles. The lowest BCUT2D eigenvalue weighted by molar-refractivity contribution is -0.156. The number of ether oxygens (including phenoxy) is 1. The number of carbonyl (C=O) groups is 2. The topological polar surface area (TPSA) is 102 Å². The Morgan fingerprint density at radius 2 is 1.74 bits per heavy atom. The van der Waals surface area contributed by atoms with Gasteiger partial charge in [-0.1, -0.05) is 31.5 Å². The van der Waals surface area contributed by atoms with E-state index in [1.807, 2.05) is 20.8 Å². The molecule has 2 N–H and O–H groups in total. The summed E-state index contributed by atoms with van der Waals surface area (Å²) in [4.78, 5) is 24.6. The van der Waals surface area contributed by atoms with Crippen LogP contribution in [0.15, 0.2) is 29.2 Å². The normalized spacial score (nSPS) is 16.6. The molecule has 0 heterocycles. The molecule has 0 unspecified atom stereocenters. The predicted molar refractivity (Wildman–Crippen MR) is 101 cm³/mol. The second-order valence-corrected chi connectivity index (χ2v) is 9.19. The summed E-state index contributed by atoms with van der Waals surface area (Å²) < 4.78 is 32.9. The van der Waals surface area contributed by atoms with Crippen molar-refractivity contribution in [2.75, 3.05) is 0 Å². The van der Waals surface area contributed by atoms with Gasteiger partial charge in [0, 0.05) is 6.04 Å². The van der Waals surface area contributed by atoms with Crippen LogP contribution in [0, 0.1) is 12.8 Å². The van der Waals surface area contributed by atoms with Crippen LogP contribution in [-0.2, 0) is 24.3 Å². The van der Waals surface area contributed by atoms with Gasteiger partial charge in [-0.25, -0.2) is 8.42 Å². The van der Waals surface area contributed by atoms with E-state index in [0.717, 1.165) is 18.4 Å². The highest BCUT2D eigenvalue weighted by Gasteiger charge is 2.32. The molecule has 0 aromatic heterocycles. The Kier molecular flexibility index (Phi) is 7.00. The van der Waals surface area contributed by atoms with Gasteiger partial charge in [-0.05, 0) is 51.2 Å². The van der Waals surface area contributed by atoms with Gasteiger partial charge in [-0.3, -0.25) is 9.59 Å². The molecule has 0 radical (unpaired) electrons. The van der Waals surface area contributed by atoms with Gasteiger partial charge in [-0.2, -0.15) is 4.72 Å². The first kappa shape index (κ1) is 21.4. The Labute approximate surface area is 160 Å². The van der Waals surface area contributed by atoms with Crippen molar-refractivity contribution in [3.05, 3.63) is 29.8 Å². The molecule has 1 saturated carbocycles. The first-order chi connectivity index (χ1) is 12.6. The summed E-state index contributed by atoms with van der Waals surface area (Å²) in [5, 5.41) is 2.76. The third kappa shape index (κ3) is 6.62. The van der Waals surface area contributed by atoms with E-state index in [4.69, 9.17) is 4.74 Å². The van der Waals surface area contributed by atoms with Crippen molar-refractivity contribution in [2.45, 2.75) is 70.0 Å². The molecule has 1 aliphatic carbocycles. The molecule has 1 aromatic carbocycles. The van der Waals surface area contributed by atoms with Crippen molar-refractivity contribution in [1.29, 1.82) is 0 Å². The fourth-order valence-corrected chi connectivity index (χ4v) is 3.69. The molecule has 0 aliphatic heterocycles. The first-order valence-electron chi connectivity index (χ1n) is 9.18. The molecular weight excluding hydrogens is 368 g/mol. The highest BCUT2D eigenvalue weighted by Crippen LogP contribution is 2.19. The second-order valence-electron chi connectivity index (χ2n) is 7.48. The SMILES string of the molecule is Cc1ccc(S(=O)(=O)N[C@@H](CC(C)C)C(=O)O[C@H](C)C(=O)NC2CC2)cc1. The quantitative estimate of drug-likeness (QED) is 0.621. The van der Waals surface area contributed by atoms with Crippen LogP contribution in [0.2, 0.25) is 0 Å². The van der Waals surface area contributed by atoms with Crippen LogP contribution in [0.3, 0.4) is 0 Å². The zero-order chi connectivity index (χ0) is 20.2. The molecule has 1 fully saturated rings. The Balaban J connectivity index is 2.07. The fraction of sp³-hybridized carbons (Fsp3) is 0.579. The first-order valence-corrected chi connectivity index (χ1v) is 10.7. The molecule has 7 nitrogen and oxygen atoms in total. The molecule has 0 spiro atoms. The Morgan fingerprint density at radius 3 is 2.26 bits per heavy atom. The Morgan fingerprint density at radius 1 is 1.15 bits per heavy atom. The predicted octanol–water partition coefficient (Wildman–Crippen LogP) is 1.90.